The maximum Gasteiger partial charge on any atom is 0.204 e. The summed E-state index contributed by atoms with van der Waals surface area (Å²) in [5.41, 5.74) is 10.4. The minimum atomic E-state index is 0.394. The highest BCUT2D eigenvalue weighted by atomic mass is 14.1. The molecule has 5 rings (SSSR count). The molecule has 0 spiro atoms. The van der Waals surface area contributed by atoms with Crippen LogP contribution in [0.1, 0.15) is 23.6 Å². The van der Waals surface area contributed by atoms with Crippen molar-refractivity contribution in [3.8, 4) is 22.3 Å². The molecule has 0 saturated heterocycles. The van der Waals surface area contributed by atoms with E-state index < -0.39 is 0 Å². The number of benzene rings is 5. The van der Waals surface area contributed by atoms with Crippen molar-refractivity contribution in [1.29, 1.82) is 0 Å². The molecule has 0 aliphatic heterocycles. The van der Waals surface area contributed by atoms with E-state index in [1.54, 1.807) is 0 Å². The molecule has 0 bridgehead atoms. The molecule has 1 heteroatoms. The maximum absolute atomic E-state index is 3.91. The van der Waals surface area contributed by atoms with Crippen LogP contribution in [0.4, 0.5) is 0 Å². The Hall–Kier alpha value is -4.10. The van der Waals surface area contributed by atoms with Crippen LogP contribution in [0.15, 0.2) is 134 Å². The molecule has 0 radical (unpaired) electrons. The topological polar surface area (TPSA) is 0 Å². The molecule has 188 valence electrons. The number of hydrogen-bond donors (Lipinski definition) is 0. The van der Waals surface area contributed by atoms with Crippen LogP contribution in [-0.4, -0.2) is 6.71 Å². The molecule has 5 aromatic rings. The third-order valence-electron chi connectivity index (χ3n) is 7.18. The molecule has 0 aromatic heterocycles. The quantitative estimate of drug-likeness (QED) is 0.163. The Bertz CT molecular complexity index is 1530. The second kappa shape index (κ2) is 12.9. The van der Waals surface area contributed by atoms with Crippen molar-refractivity contribution in [2.45, 2.75) is 34.0 Å². The number of allylic oxidation sites excluding steroid dienone is 2. The molecule has 0 saturated carbocycles. The summed E-state index contributed by atoms with van der Waals surface area (Å²) >= 11 is 0. The molecule has 0 fully saturated rings. The summed E-state index contributed by atoms with van der Waals surface area (Å²) in [6, 6.07) is 39.2. The highest BCUT2D eigenvalue weighted by Gasteiger charge is 2.13. The highest BCUT2D eigenvalue weighted by molar-refractivity contribution is 6.78. The van der Waals surface area contributed by atoms with Gasteiger partial charge in [0.05, 0.1) is 0 Å². The van der Waals surface area contributed by atoms with E-state index in [1.807, 2.05) is 24.3 Å². The first-order valence-corrected chi connectivity index (χ1v) is 13.5. The van der Waals surface area contributed by atoms with Crippen molar-refractivity contribution in [2.24, 2.45) is 0 Å². The normalized spacial score (nSPS) is 10.7. The highest BCUT2D eigenvalue weighted by Crippen LogP contribution is 2.34. The van der Waals surface area contributed by atoms with E-state index >= 15 is 0 Å². The van der Waals surface area contributed by atoms with Crippen LogP contribution in [-0.2, 0) is 0 Å². The molecule has 0 unspecified atom stereocenters. The van der Waals surface area contributed by atoms with Gasteiger partial charge in [0.15, 0.2) is 0 Å². The molecule has 0 aliphatic rings. The predicted molar refractivity (Wildman–Crippen MR) is 171 cm³/mol. The zero-order valence-corrected chi connectivity index (χ0v) is 23.1. The molecule has 0 nitrogen and oxygen atoms in total. The average molecular weight is 493 g/mol. The first kappa shape index (κ1) is 27.0. The van der Waals surface area contributed by atoms with Crippen LogP contribution in [0.3, 0.4) is 0 Å². The number of aryl methyl sites for hydroxylation is 3. The Morgan fingerprint density at radius 2 is 1.37 bits per heavy atom. The van der Waals surface area contributed by atoms with Gasteiger partial charge in [-0.3, -0.25) is 0 Å². The van der Waals surface area contributed by atoms with Gasteiger partial charge in [0.2, 0.25) is 6.71 Å². The Morgan fingerprint density at radius 1 is 0.684 bits per heavy atom. The molecule has 0 atom stereocenters. The molecule has 0 heterocycles. The lowest BCUT2D eigenvalue weighted by Gasteiger charge is -2.15. The van der Waals surface area contributed by atoms with E-state index in [-0.39, 0.29) is 0 Å². The molecule has 0 amide bonds. The second-order valence-corrected chi connectivity index (χ2v) is 9.92. The van der Waals surface area contributed by atoms with Crippen LogP contribution in [0.5, 0.6) is 0 Å². The van der Waals surface area contributed by atoms with Gasteiger partial charge in [-0.15, -0.1) is 12.6 Å². The van der Waals surface area contributed by atoms with Gasteiger partial charge in [-0.2, -0.15) is 0 Å². The Kier molecular flexibility index (Phi) is 9.17. The average Bonchev–Trinajstić information content (AvgIpc) is 2.95. The summed E-state index contributed by atoms with van der Waals surface area (Å²) in [6.07, 6.45) is 5.08. The second-order valence-electron chi connectivity index (χ2n) is 9.92. The number of fused-ring (bicyclic) bond motifs is 1. The summed E-state index contributed by atoms with van der Waals surface area (Å²) in [6.45, 7) is 12.9. The first-order chi connectivity index (χ1) is 18.5. The van der Waals surface area contributed by atoms with Gasteiger partial charge in [0.1, 0.15) is 0 Å². The molecular formula is C37H37B. The van der Waals surface area contributed by atoms with Crippen LogP contribution in [0.2, 0.25) is 6.32 Å². The van der Waals surface area contributed by atoms with E-state index in [2.05, 4.69) is 137 Å². The van der Waals surface area contributed by atoms with E-state index in [0.717, 1.165) is 6.32 Å². The summed E-state index contributed by atoms with van der Waals surface area (Å²) in [4.78, 5) is 0. The van der Waals surface area contributed by atoms with Gasteiger partial charge in [0.25, 0.3) is 0 Å². The van der Waals surface area contributed by atoms with Crippen LogP contribution >= 0.6 is 0 Å². The molecule has 5 aromatic carbocycles. The van der Waals surface area contributed by atoms with Gasteiger partial charge in [-0.05, 0) is 84.2 Å². The lowest BCUT2D eigenvalue weighted by Crippen LogP contribution is -2.27. The third-order valence-corrected chi connectivity index (χ3v) is 7.18. The fourth-order valence-electron chi connectivity index (χ4n) is 5.01. The standard InChI is InChI=1S/C30H29B.C7H8/c1-5-19-31(20-6-2)27-16-13-24(14-17-27)26-12-11-22(3)30(21-26)29-18-15-25-9-7-8-10-28(25)23(29)4;1-7-5-3-2-4-6-7/h5-18,20-21H,1,19H2,2-4H3;2-6H,1H3/b20-6+;. The van der Waals surface area contributed by atoms with Crippen molar-refractivity contribution < 1.29 is 0 Å². The molecule has 0 N–H and O–H groups in total. The fraction of sp³-hybridized carbons (Fsp3) is 0.135. The molecular weight excluding hydrogens is 455 g/mol. The van der Waals surface area contributed by atoms with E-state index in [1.165, 1.54) is 55.2 Å². The number of rotatable bonds is 6. The van der Waals surface area contributed by atoms with Gasteiger partial charge in [-0.25, -0.2) is 0 Å². The van der Waals surface area contributed by atoms with Gasteiger partial charge in [-0.1, -0.05) is 126 Å². The van der Waals surface area contributed by atoms with Gasteiger partial charge >= 0.3 is 0 Å². The van der Waals surface area contributed by atoms with Crippen molar-refractivity contribution in [1.82, 2.24) is 0 Å². The Morgan fingerprint density at radius 3 is 2.03 bits per heavy atom. The lowest BCUT2D eigenvalue weighted by molar-refractivity contribution is 1.43. The maximum atomic E-state index is 3.91. The Labute approximate surface area is 229 Å². The van der Waals surface area contributed by atoms with E-state index in [9.17, 15) is 0 Å². The minimum Gasteiger partial charge on any atom is -0.114 e. The first-order valence-electron chi connectivity index (χ1n) is 13.5. The smallest absolute Gasteiger partial charge is 0.114 e. The van der Waals surface area contributed by atoms with Crippen molar-refractivity contribution in [3.63, 3.8) is 0 Å². The summed E-state index contributed by atoms with van der Waals surface area (Å²) in [5.74, 6) is 2.25. The fourth-order valence-corrected chi connectivity index (χ4v) is 5.01. The summed E-state index contributed by atoms with van der Waals surface area (Å²) < 4.78 is 0. The summed E-state index contributed by atoms with van der Waals surface area (Å²) in [5, 5.41) is 2.62. The van der Waals surface area contributed by atoms with E-state index in [4.69, 9.17) is 0 Å². The Balaban J connectivity index is 0.000000417. The predicted octanol–water partition coefficient (Wildman–Crippen LogP) is 9.79. The van der Waals surface area contributed by atoms with Crippen molar-refractivity contribution in [2.75, 3.05) is 0 Å². The zero-order chi connectivity index (χ0) is 26.9. The van der Waals surface area contributed by atoms with Crippen molar-refractivity contribution >= 4 is 22.9 Å². The zero-order valence-electron chi connectivity index (χ0n) is 23.1. The third kappa shape index (κ3) is 6.42. The van der Waals surface area contributed by atoms with Gasteiger partial charge < -0.3 is 0 Å². The van der Waals surface area contributed by atoms with E-state index in [0.29, 0.717) is 6.71 Å². The SMILES string of the molecule is C=CCB(/C=C/C)c1ccc(-c2ccc(C)c(-c3ccc4ccccc4c3C)c2)cc1.Cc1ccccc1. The minimum absolute atomic E-state index is 0.394. The largest absolute Gasteiger partial charge is 0.204 e. The number of hydrogen-bond acceptors (Lipinski definition) is 0. The van der Waals surface area contributed by atoms with Gasteiger partial charge in [0, 0.05) is 0 Å². The lowest BCUT2D eigenvalue weighted by atomic mass is 9.43. The van der Waals surface area contributed by atoms with Crippen LogP contribution in [0.25, 0.3) is 33.0 Å². The molecule has 0 aliphatic carbocycles. The summed E-state index contributed by atoms with van der Waals surface area (Å²) in [7, 11) is 0. The van der Waals surface area contributed by atoms with Crippen LogP contribution in [0, 0.1) is 20.8 Å². The molecule has 38 heavy (non-hydrogen) atoms. The van der Waals surface area contributed by atoms with Crippen molar-refractivity contribution in [3.05, 3.63) is 151 Å². The van der Waals surface area contributed by atoms with Crippen LogP contribution < -0.4 is 5.46 Å². The monoisotopic (exact) mass is 492 g/mol.